The number of halogens is 1. The van der Waals surface area contributed by atoms with E-state index in [4.69, 9.17) is 22.2 Å². The maximum absolute atomic E-state index is 6.02. The lowest BCUT2D eigenvalue weighted by Gasteiger charge is -2.32. The molecule has 1 fully saturated rings. The van der Waals surface area contributed by atoms with Crippen molar-refractivity contribution >= 4 is 23.4 Å². The first kappa shape index (κ1) is 14.3. The molecule has 1 aromatic rings. The molecule has 19 heavy (non-hydrogen) atoms. The molecule has 0 amide bonds. The summed E-state index contributed by atoms with van der Waals surface area (Å²) in [7, 11) is 0. The van der Waals surface area contributed by atoms with Crippen molar-refractivity contribution in [3.05, 3.63) is 11.2 Å². The number of hydrazine groups is 1. The molecule has 0 spiro atoms. The van der Waals surface area contributed by atoms with E-state index in [1.165, 1.54) is 6.20 Å². The van der Waals surface area contributed by atoms with E-state index in [1.54, 1.807) is 0 Å². The SMILES string of the molecule is CCN1CCOC(CNc2nc(NN)ncc2Cl)C1. The lowest BCUT2D eigenvalue weighted by molar-refractivity contribution is -0.0192. The normalized spacial score (nSPS) is 20.3. The van der Waals surface area contributed by atoms with Gasteiger partial charge in [0.25, 0.3) is 0 Å². The van der Waals surface area contributed by atoms with Gasteiger partial charge in [-0.25, -0.2) is 10.8 Å². The zero-order valence-corrected chi connectivity index (χ0v) is 11.7. The molecular formula is C11H19ClN6O. The van der Waals surface area contributed by atoms with Gasteiger partial charge in [-0.05, 0) is 6.54 Å². The lowest BCUT2D eigenvalue weighted by Crippen LogP contribution is -2.45. The van der Waals surface area contributed by atoms with Crippen molar-refractivity contribution in [1.82, 2.24) is 14.9 Å². The Balaban J connectivity index is 1.91. The standard InChI is InChI=1S/C11H19ClN6O/c1-2-18-3-4-19-8(7-18)5-14-10-9(12)6-15-11(16-10)17-13/h6,8H,2-5,7,13H2,1H3,(H2,14,15,16,17). The molecule has 0 bridgehead atoms. The molecule has 4 N–H and O–H groups in total. The van der Waals surface area contributed by atoms with Gasteiger partial charge < -0.3 is 10.1 Å². The molecule has 1 aromatic heterocycles. The summed E-state index contributed by atoms with van der Waals surface area (Å²) >= 11 is 6.02. The smallest absolute Gasteiger partial charge is 0.239 e. The van der Waals surface area contributed by atoms with Gasteiger partial charge in [0.15, 0.2) is 5.82 Å². The van der Waals surface area contributed by atoms with E-state index in [1.807, 2.05) is 0 Å². The molecule has 0 radical (unpaired) electrons. The zero-order valence-electron chi connectivity index (χ0n) is 10.9. The molecule has 0 saturated carbocycles. The Labute approximate surface area is 117 Å². The fourth-order valence-electron chi connectivity index (χ4n) is 1.96. The minimum absolute atomic E-state index is 0.133. The van der Waals surface area contributed by atoms with Crippen LogP contribution in [0.3, 0.4) is 0 Å². The Morgan fingerprint density at radius 2 is 2.47 bits per heavy atom. The molecule has 1 unspecified atom stereocenters. The quantitative estimate of drug-likeness (QED) is 0.538. The van der Waals surface area contributed by atoms with Crippen molar-refractivity contribution in [2.45, 2.75) is 13.0 Å². The number of hydrogen-bond acceptors (Lipinski definition) is 7. The first-order valence-electron chi connectivity index (χ1n) is 6.30. The Bertz CT molecular complexity index is 418. The average molecular weight is 287 g/mol. The number of nitrogens with zero attached hydrogens (tertiary/aromatic N) is 3. The van der Waals surface area contributed by atoms with E-state index in [-0.39, 0.29) is 6.10 Å². The summed E-state index contributed by atoms with van der Waals surface area (Å²) in [5, 5.41) is 3.63. The number of hydrogen-bond donors (Lipinski definition) is 3. The van der Waals surface area contributed by atoms with E-state index in [0.717, 1.165) is 26.2 Å². The summed E-state index contributed by atoms with van der Waals surface area (Å²) < 4.78 is 5.70. The van der Waals surface area contributed by atoms with Crippen molar-refractivity contribution in [3.63, 3.8) is 0 Å². The number of nitrogens with two attached hydrogens (primary N) is 1. The molecule has 1 aliphatic rings. The molecule has 1 atom stereocenters. The Kier molecular flexibility index (Phi) is 5.15. The molecule has 2 rings (SSSR count). The number of rotatable bonds is 5. The molecule has 0 aliphatic carbocycles. The second kappa shape index (κ2) is 6.85. The van der Waals surface area contributed by atoms with Gasteiger partial charge in [0.2, 0.25) is 5.95 Å². The van der Waals surface area contributed by atoms with Crippen LogP contribution in [0.1, 0.15) is 6.92 Å². The number of morpholine rings is 1. The third kappa shape index (κ3) is 3.90. The Hall–Kier alpha value is -1.15. The summed E-state index contributed by atoms with van der Waals surface area (Å²) in [5.41, 5.74) is 2.39. The van der Waals surface area contributed by atoms with Gasteiger partial charge in [0.05, 0.1) is 18.9 Å². The largest absolute Gasteiger partial charge is 0.374 e. The average Bonchev–Trinajstić information content (AvgIpc) is 2.46. The predicted octanol–water partition coefficient (Wildman–Crippen LogP) is 0.548. The van der Waals surface area contributed by atoms with Crippen LogP contribution in [-0.2, 0) is 4.74 Å². The van der Waals surface area contributed by atoms with E-state index in [2.05, 4.69) is 32.5 Å². The highest BCUT2D eigenvalue weighted by atomic mass is 35.5. The van der Waals surface area contributed by atoms with E-state index in [9.17, 15) is 0 Å². The number of anilines is 2. The number of ether oxygens (including phenoxy) is 1. The van der Waals surface area contributed by atoms with Gasteiger partial charge in [0, 0.05) is 19.6 Å². The Morgan fingerprint density at radius 1 is 1.63 bits per heavy atom. The zero-order chi connectivity index (χ0) is 13.7. The van der Waals surface area contributed by atoms with Crippen LogP contribution in [0, 0.1) is 0 Å². The fourth-order valence-corrected chi connectivity index (χ4v) is 2.12. The van der Waals surface area contributed by atoms with E-state index < -0.39 is 0 Å². The first-order chi connectivity index (χ1) is 9.22. The van der Waals surface area contributed by atoms with Gasteiger partial charge in [-0.15, -0.1) is 0 Å². The summed E-state index contributed by atoms with van der Waals surface area (Å²) in [6.07, 6.45) is 1.64. The van der Waals surface area contributed by atoms with Crippen molar-refractivity contribution in [3.8, 4) is 0 Å². The minimum atomic E-state index is 0.133. The maximum Gasteiger partial charge on any atom is 0.239 e. The second-order valence-electron chi connectivity index (χ2n) is 4.30. The van der Waals surface area contributed by atoms with Crippen LogP contribution in [0.5, 0.6) is 0 Å². The monoisotopic (exact) mass is 286 g/mol. The summed E-state index contributed by atoms with van der Waals surface area (Å²) in [5.74, 6) is 6.15. The number of aromatic nitrogens is 2. The molecule has 8 heteroatoms. The molecule has 2 heterocycles. The highest BCUT2D eigenvalue weighted by molar-refractivity contribution is 6.32. The van der Waals surface area contributed by atoms with Crippen molar-refractivity contribution < 1.29 is 4.74 Å². The highest BCUT2D eigenvalue weighted by Gasteiger charge is 2.19. The number of nitrogen functional groups attached to an aromatic ring is 1. The van der Waals surface area contributed by atoms with Crippen LogP contribution in [0.2, 0.25) is 5.02 Å². The Morgan fingerprint density at radius 3 is 3.21 bits per heavy atom. The molecule has 7 nitrogen and oxygen atoms in total. The third-order valence-electron chi connectivity index (χ3n) is 3.04. The van der Waals surface area contributed by atoms with Crippen LogP contribution in [0.4, 0.5) is 11.8 Å². The van der Waals surface area contributed by atoms with Gasteiger partial charge in [-0.2, -0.15) is 4.98 Å². The first-order valence-corrected chi connectivity index (χ1v) is 6.67. The third-order valence-corrected chi connectivity index (χ3v) is 3.32. The van der Waals surface area contributed by atoms with Crippen LogP contribution >= 0.6 is 11.6 Å². The van der Waals surface area contributed by atoms with E-state index in [0.29, 0.717) is 23.3 Å². The van der Waals surface area contributed by atoms with Gasteiger partial charge in [-0.3, -0.25) is 10.3 Å². The molecular weight excluding hydrogens is 268 g/mol. The molecule has 1 aliphatic heterocycles. The summed E-state index contributed by atoms with van der Waals surface area (Å²) in [6.45, 7) is 6.49. The van der Waals surface area contributed by atoms with Crippen molar-refractivity contribution in [1.29, 1.82) is 0 Å². The molecule has 0 aromatic carbocycles. The molecule has 1 saturated heterocycles. The second-order valence-corrected chi connectivity index (χ2v) is 4.71. The van der Waals surface area contributed by atoms with Crippen molar-refractivity contribution in [2.24, 2.45) is 5.84 Å². The van der Waals surface area contributed by atoms with Crippen LogP contribution in [0.25, 0.3) is 0 Å². The van der Waals surface area contributed by atoms with Gasteiger partial charge in [0.1, 0.15) is 5.02 Å². The van der Waals surface area contributed by atoms with Crippen LogP contribution in [-0.4, -0.2) is 53.8 Å². The maximum atomic E-state index is 6.02. The summed E-state index contributed by atoms with van der Waals surface area (Å²) in [4.78, 5) is 10.4. The highest BCUT2D eigenvalue weighted by Crippen LogP contribution is 2.19. The van der Waals surface area contributed by atoms with Gasteiger partial charge >= 0.3 is 0 Å². The van der Waals surface area contributed by atoms with Crippen molar-refractivity contribution in [2.75, 3.05) is 43.5 Å². The number of nitrogens with one attached hydrogen (secondary N) is 2. The van der Waals surface area contributed by atoms with Gasteiger partial charge in [-0.1, -0.05) is 18.5 Å². The predicted molar refractivity (Wildman–Crippen MR) is 75.2 cm³/mol. The fraction of sp³-hybridized carbons (Fsp3) is 0.636. The van der Waals surface area contributed by atoms with E-state index >= 15 is 0 Å². The van der Waals surface area contributed by atoms with Crippen LogP contribution < -0.4 is 16.6 Å². The molecule has 106 valence electrons. The lowest BCUT2D eigenvalue weighted by atomic mass is 10.2. The van der Waals surface area contributed by atoms with Crippen LogP contribution in [0.15, 0.2) is 6.20 Å². The number of likely N-dealkylation sites (N-methyl/N-ethyl adjacent to an activating group) is 1. The minimum Gasteiger partial charge on any atom is -0.374 e. The summed E-state index contributed by atoms with van der Waals surface area (Å²) in [6, 6.07) is 0. The topological polar surface area (TPSA) is 88.3 Å².